The molecular formula is C15H16ClNS. The zero-order valence-electron chi connectivity index (χ0n) is 10.3. The minimum atomic E-state index is 0.0555. The summed E-state index contributed by atoms with van der Waals surface area (Å²) in [6.45, 7) is 2.01. The topological polar surface area (TPSA) is 26.0 Å². The maximum Gasteiger partial charge on any atom is 0.0446 e. The van der Waals surface area contributed by atoms with Crippen LogP contribution in [0.2, 0.25) is 5.02 Å². The van der Waals surface area contributed by atoms with E-state index in [1.54, 1.807) is 11.8 Å². The van der Waals surface area contributed by atoms with Crippen molar-refractivity contribution in [3.63, 3.8) is 0 Å². The van der Waals surface area contributed by atoms with Crippen molar-refractivity contribution in [1.82, 2.24) is 0 Å². The molecule has 0 heterocycles. The second-order valence-corrected chi connectivity index (χ2v) is 5.63. The molecule has 3 heteroatoms. The number of hydrogen-bond acceptors (Lipinski definition) is 2. The fourth-order valence-corrected chi connectivity index (χ4v) is 3.20. The molecule has 94 valence electrons. The van der Waals surface area contributed by atoms with Gasteiger partial charge >= 0.3 is 0 Å². The Morgan fingerprint density at radius 3 is 2.50 bits per heavy atom. The molecule has 0 aromatic heterocycles. The maximum absolute atomic E-state index is 6.15. The van der Waals surface area contributed by atoms with Gasteiger partial charge in [0.1, 0.15) is 0 Å². The van der Waals surface area contributed by atoms with Crippen LogP contribution in [0.5, 0.6) is 0 Å². The average molecular weight is 278 g/mol. The van der Waals surface area contributed by atoms with Gasteiger partial charge in [0, 0.05) is 21.7 Å². The Kier molecular flexibility index (Phi) is 4.70. The Morgan fingerprint density at radius 1 is 1.11 bits per heavy atom. The predicted octanol–water partition coefficient (Wildman–Crippen LogP) is 4.65. The molecule has 2 rings (SSSR count). The molecule has 0 aliphatic rings. The highest BCUT2D eigenvalue weighted by molar-refractivity contribution is 7.98. The molecule has 0 radical (unpaired) electrons. The number of nitrogens with two attached hydrogens (primary N) is 1. The molecule has 0 bridgehead atoms. The third-order valence-electron chi connectivity index (χ3n) is 2.75. The van der Waals surface area contributed by atoms with Gasteiger partial charge in [-0.3, -0.25) is 0 Å². The van der Waals surface area contributed by atoms with E-state index in [9.17, 15) is 0 Å². The van der Waals surface area contributed by atoms with Crippen LogP contribution in [0.3, 0.4) is 0 Å². The molecule has 2 aromatic carbocycles. The fraction of sp³-hybridized carbons (Fsp3) is 0.200. The van der Waals surface area contributed by atoms with E-state index in [4.69, 9.17) is 17.3 Å². The Hall–Kier alpha value is -0.960. The van der Waals surface area contributed by atoms with Crippen LogP contribution in [0, 0.1) is 0 Å². The first-order chi connectivity index (χ1) is 8.68. The Labute approximate surface area is 117 Å². The monoisotopic (exact) mass is 277 g/mol. The summed E-state index contributed by atoms with van der Waals surface area (Å²) in [6, 6.07) is 16.3. The van der Waals surface area contributed by atoms with Crippen molar-refractivity contribution in [3.8, 4) is 0 Å². The number of hydrogen-bond donors (Lipinski definition) is 1. The highest BCUT2D eigenvalue weighted by Crippen LogP contribution is 2.30. The molecule has 18 heavy (non-hydrogen) atoms. The molecule has 0 spiro atoms. The minimum absolute atomic E-state index is 0.0555. The lowest BCUT2D eigenvalue weighted by Gasteiger charge is -2.12. The standard InChI is InChI=1S/C15H16ClNS/c1-11(17)13-7-3-5-9-15(13)18-10-12-6-2-4-8-14(12)16/h2-9,11H,10,17H2,1H3/t11-/m1/s1. The van der Waals surface area contributed by atoms with Crippen LogP contribution < -0.4 is 5.73 Å². The largest absolute Gasteiger partial charge is 0.324 e. The normalized spacial score (nSPS) is 12.4. The molecule has 0 unspecified atom stereocenters. The van der Waals surface area contributed by atoms with Crippen molar-refractivity contribution in [3.05, 3.63) is 64.7 Å². The summed E-state index contributed by atoms with van der Waals surface area (Å²) in [5.41, 5.74) is 8.32. The molecule has 0 aliphatic heterocycles. The third kappa shape index (κ3) is 3.29. The van der Waals surface area contributed by atoms with E-state index in [1.165, 1.54) is 10.5 Å². The van der Waals surface area contributed by atoms with Gasteiger partial charge in [-0.1, -0.05) is 48.0 Å². The van der Waals surface area contributed by atoms with Crippen molar-refractivity contribution in [1.29, 1.82) is 0 Å². The Balaban J connectivity index is 2.14. The van der Waals surface area contributed by atoms with Crippen molar-refractivity contribution in [2.45, 2.75) is 23.6 Å². The number of rotatable bonds is 4. The van der Waals surface area contributed by atoms with E-state index in [1.807, 2.05) is 37.3 Å². The second-order valence-electron chi connectivity index (χ2n) is 4.21. The molecule has 2 N–H and O–H groups in total. The highest BCUT2D eigenvalue weighted by Gasteiger charge is 2.07. The lowest BCUT2D eigenvalue weighted by molar-refractivity contribution is 0.797. The van der Waals surface area contributed by atoms with Crippen LogP contribution >= 0.6 is 23.4 Å². The molecular weight excluding hydrogens is 262 g/mol. The second kappa shape index (κ2) is 6.28. The molecule has 0 fully saturated rings. The summed E-state index contributed by atoms with van der Waals surface area (Å²) in [4.78, 5) is 1.23. The Morgan fingerprint density at radius 2 is 1.78 bits per heavy atom. The van der Waals surface area contributed by atoms with Gasteiger partial charge in [0.2, 0.25) is 0 Å². The zero-order chi connectivity index (χ0) is 13.0. The Bertz CT molecular complexity index is 525. The number of benzene rings is 2. The minimum Gasteiger partial charge on any atom is -0.324 e. The molecule has 0 aliphatic carbocycles. The van der Waals surface area contributed by atoms with Gasteiger partial charge in [0.05, 0.1) is 0 Å². The van der Waals surface area contributed by atoms with E-state index in [2.05, 4.69) is 18.2 Å². The first-order valence-corrected chi connectivity index (χ1v) is 7.25. The summed E-state index contributed by atoms with van der Waals surface area (Å²) in [5, 5.41) is 0.822. The predicted molar refractivity (Wildman–Crippen MR) is 80.1 cm³/mol. The number of thioether (sulfide) groups is 1. The molecule has 0 saturated carbocycles. The first kappa shape index (κ1) is 13.5. The quantitative estimate of drug-likeness (QED) is 0.823. The van der Waals surface area contributed by atoms with Crippen molar-refractivity contribution in [2.24, 2.45) is 5.73 Å². The zero-order valence-corrected chi connectivity index (χ0v) is 11.8. The van der Waals surface area contributed by atoms with Gasteiger partial charge < -0.3 is 5.73 Å². The fourth-order valence-electron chi connectivity index (χ4n) is 1.76. The van der Waals surface area contributed by atoms with Crippen molar-refractivity contribution >= 4 is 23.4 Å². The van der Waals surface area contributed by atoms with E-state index in [0.29, 0.717) is 0 Å². The van der Waals surface area contributed by atoms with Gasteiger partial charge in [-0.05, 0) is 30.2 Å². The van der Waals surface area contributed by atoms with Crippen molar-refractivity contribution in [2.75, 3.05) is 0 Å². The molecule has 0 saturated heterocycles. The lowest BCUT2D eigenvalue weighted by atomic mass is 10.1. The van der Waals surface area contributed by atoms with Gasteiger partial charge in [-0.2, -0.15) is 0 Å². The van der Waals surface area contributed by atoms with Crippen LogP contribution in [0.1, 0.15) is 24.1 Å². The van der Waals surface area contributed by atoms with Gasteiger partial charge in [-0.25, -0.2) is 0 Å². The van der Waals surface area contributed by atoms with Gasteiger partial charge in [0.25, 0.3) is 0 Å². The molecule has 0 amide bonds. The van der Waals surface area contributed by atoms with E-state index >= 15 is 0 Å². The average Bonchev–Trinajstić information content (AvgIpc) is 2.38. The first-order valence-electron chi connectivity index (χ1n) is 5.89. The van der Waals surface area contributed by atoms with Gasteiger partial charge in [-0.15, -0.1) is 11.8 Å². The van der Waals surface area contributed by atoms with E-state index in [0.717, 1.165) is 16.3 Å². The summed E-state index contributed by atoms with van der Waals surface area (Å²) >= 11 is 7.93. The summed E-state index contributed by atoms with van der Waals surface area (Å²) in [7, 11) is 0. The molecule has 1 nitrogen and oxygen atoms in total. The van der Waals surface area contributed by atoms with Gasteiger partial charge in [0.15, 0.2) is 0 Å². The van der Waals surface area contributed by atoms with Crippen LogP contribution in [-0.4, -0.2) is 0 Å². The SMILES string of the molecule is C[C@@H](N)c1ccccc1SCc1ccccc1Cl. The van der Waals surface area contributed by atoms with Crippen LogP contribution in [0.15, 0.2) is 53.4 Å². The van der Waals surface area contributed by atoms with Crippen LogP contribution in [0.25, 0.3) is 0 Å². The summed E-state index contributed by atoms with van der Waals surface area (Å²) in [5.74, 6) is 0.864. The smallest absolute Gasteiger partial charge is 0.0446 e. The van der Waals surface area contributed by atoms with E-state index in [-0.39, 0.29) is 6.04 Å². The lowest BCUT2D eigenvalue weighted by Crippen LogP contribution is -2.06. The summed E-state index contributed by atoms with van der Waals surface area (Å²) in [6.07, 6.45) is 0. The van der Waals surface area contributed by atoms with E-state index < -0.39 is 0 Å². The van der Waals surface area contributed by atoms with Crippen LogP contribution in [0.4, 0.5) is 0 Å². The highest BCUT2D eigenvalue weighted by atomic mass is 35.5. The summed E-state index contributed by atoms with van der Waals surface area (Å²) < 4.78 is 0. The van der Waals surface area contributed by atoms with Crippen molar-refractivity contribution < 1.29 is 0 Å². The van der Waals surface area contributed by atoms with Crippen LogP contribution in [-0.2, 0) is 5.75 Å². The maximum atomic E-state index is 6.15. The molecule has 2 aromatic rings. The molecule has 1 atom stereocenters. The third-order valence-corrected chi connectivity index (χ3v) is 4.26. The number of halogens is 1.